The second-order valence-corrected chi connectivity index (χ2v) is 13.9. The summed E-state index contributed by atoms with van der Waals surface area (Å²) in [6.45, 7) is 5.97. The van der Waals surface area contributed by atoms with Crippen molar-refractivity contribution in [2.75, 3.05) is 13.1 Å². The predicted octanol–water partition coefficient (Wildman–Crippen LogP) is 4.78. The highest BCUT2D eigenvalue weighted by Crippen LogP contribution is 2.61. The third-order valence-electron chi connectivity index (χ3n) is 9.91. The van der Waals surface area contributed by atoms with E-state index in [9.17, 15) is 13.2 Å². The number of carbonyl (C=O) groups excluding carboxylic acids is 1. The normalized spacial score (nSPS) is 32.2. The number of amides is 1. The van der Waals surface area contributed by atoms with Gasteiger partial charge in [-0.3, -0.25) is 4.79 Å². The van der Waals surface area contributed by atoms with Gasteiger partial charge in [0.2, 0.25) is 15.9 Å². The zero-order valence-corrected chi connectivity index (χ0v) is 21.9. The highest BCUT2D eigenvalue weighted by Gasteiger charge is 2.53. The van der Waals surface area contributed by atoms with Gasteiger partial charge in [-0.15, -0.1) is 0 Å². The first-order valence-electron chi connectivity index (χ1n) is 13.7. The molecule has 1 atom stereocenters. The van der Waals surface area contributed by atoms with Crippen LogP contribution in [0.15, 0.2) is 35.4 Å². The van der Waals surface area contributed by atoms with E-state index in [1.165, 1.54) is 38.5 Å². The van der Waals surface area contributed by atoms with Crippen molar-refractivity contribution >= 4 is 26.8 Å². The highest BCUT2D eigenvalue weighted by atomic mass is 32.2. The first-order chi connectivity index (χ1) is 16.8. The molecule has 4 aliphatic carbocycles. The van der Waals surface area contributed by atoms with E-state index in [-0.39, 0.29) is 17.9 Å². The van der Waals surface area contributed by atoms with E-state index in [4.69, 9.17) is 0 Å². The van der Waals surface area contributed by atoms with Gasteiger partial charge in [-0.05, 0) is 113 Å². The Balaban J connectivity index is 1.08. The molecule has 1 aliphatic heterocycles. The molecule has 0 spiro atoms. The summed E-state index contributed by atoms with van der Waals surface area (Å²) < 4.78 is 30.4. The van der Waals surface area contributed by atoms with Crippen molar-refractivity contribution in [1.82, 2.24) is 14.2 Å². The Labute approximate surface area is 209 Å². The molecule has 1 aromatic carbocycles. The molecule has 1 N–H and O–H groups in total. The monoisotopic (exact) mass is 497 g/mol. The molecule has 35 heavy (non-hydrogen) atoms. The van der Waals surface area contributed by atoms with Crippen LogP contribution in [-0.4, -0.2) is 42.3 Å². The number of fused-ring (bicyclic) bond motifs is 1. The topological polar surface area (TPSA) is 71.4 Å². The minimum atomic E-state index is -3.56. The summed E-state index contributed by atoms with van der Waals surface area (Å²) >= 11 is 0. The molecule has 1 unspecified atom stereocenters. The second-order valence-electron chi connectivity index (χ2n) is 12.0. The van der Waals surface area contributed by atoms with Gasteiger partial charge in [0.05, 0.1) is 4.90 Å². The van der Waals surface area contributed by atoms with Crippen molar-refractivity contribution in [2.24, 2.45) is 29.1 Å². The number of aryl methyl sites for hydroxylation is 1. The zero-order chi connectivity index (χ0) is 24.4. The molecule has 1 amide bonds. The van der Waals surface area contributed by atoms with Crippen LogP contribution in [-0.2, 0) is 21.4 Å². The molecule has 1 aromatic heterocycles. The summed E-state index contributed by atoms with van der Waals surface area (Å²) in [6.07, 6.45) is 11.2. The summed E-state index contributed by atoms with van der Waals surface area (Å²) in [5.41, 5.74) is 1.35. The Kier molecular flexibility index (Phi) is 5.79. The number of hydrogen-bond donors (Lipinski definition) is 1. The summed E-state index contributed by atoms with van der Waals surface area (Å²) in [5.74, 6) is 2.64. The molecule has 5 aliphatic rings. The largest absolute Gasteiger partial charge is 0.353 e. The Hall–Kier alpha value is -1.86. The number of benzene rings is 1. The lowest BCUT2D eigenvalue weighted by molar-refractivity contribution is -0.130. The predicted molar refractivity (Wildman–Crippen MR) is 137 cm³/mol. The van der Waals surface area contributed by atoms with E-state index in [1.807, 2.05) is 18.3 Å². The van der Waals surface area contributed by atoms with Crippen LogP contribution in [0.4, 0.5) is 0 Å². The van der Waals surface area contributed by atoms with Gasteiger partial charge in [0.15, 0.2) is 0 Å². The smallest absolute Gasteiger partial charge is 0.243 e. The molecule has 190 valence electrons. The maximum Gasteiger partial charge on any atom is 0.243 e. The SMILES string of the molecule is CCn1ccc2cc(S(=O)(=O)N3CCC(C(=O)NC(C)C45CC6CC(CC(C6)C4)C5)CC3)ccc21. The van der Waals surface area contributed by atoms with Crippen LogP contribution < -0.4 is 5.32 Å². The summed E-state index contributed by atoms with van der Waals surface area (Å²) in [6, 6.07) is 7.59. The summed E-state index contributed by atoms with van der Waals surface area (Å²) in [4.78, 5) is 13.6. The first kappa shape index (κ1) is 23.5. The average molecular weight is 498 g/mol. The van der Waals surface area contributed by atoms with E-state index in [0.29, 0.717) is 36.2 Å². The molecular weight excluding hydrogens is 458 g/mol. The van der Waals surface area contributed by atoms with Crippen LogP contribution in [0.2, 0.25) is 0 Å². The minimum Gasteiger partial charge on any atom is -0.353 e. The Morgan fingerprint density at radius 3 is 2.29 bits per heavy atom. The molecule has 1 saturated heterocycles. The van der Waals surface area contributed by atoms with Gasteiger partial charge in [0, 0.05) is 48.7 Å². The van der Waals surface area contributed by atoms with Crippen LogP contribution in [0.3, 0.4) is 0 Å². The Morgan fingerprint density at radius 2 is 1.69 bits per heavy atom. The molecule has 5 fully saturated rings. The molecule has 4 saturated carbocycles. The standard InChI is InChI=1S/C28H39N3O3S/c1-3-30-9-6-24-15-25(4-5-26(24)30)35(33,34)31-10-7-23(8-11-31)27(32)29-19(2)28-16-20-12-21(17-28)14-22(13-20)18-28/h4-6,9,15,19-23H,3,7-8,10-14,16-18H2,1-2H3,(H,29,32). The molecule has 6 nitrogen and oxygen atoms in total. The Bertz CT molecular complexity index is 1190. The van der Waals surface area contributed by atoms with Crippen LogP contribution in [0.25, 0.3) is 10.9 Å². The van der Waals surface area contributed by atoms with Crippen molar-refractivity contribution in [3.63, 3.8) is 0 Å². The maximum absolute atomic E-state index is 13.3. The molecule has 0 radical (unpaired) electrons. The van der Waals surface area contributed by atoms with Crippen molar-refractivity contribution in [1.29, 1.82) is 0 Å². The molecule has 7 heteroatoms. The average Bonchev–Trinajstić information content (AvgIpc) is 3.25. The third-order valence-corrected chi connectivity index (χ3v) is 11.8. The van der Waals surface area contributed by atoms with Gasteiger partial charge in [0.25, 0.3) is 0 Å². The molecular formula is C28H39N3O3S. The number of sulfonamides is 1. The van der Waals surface area contributed by atoms with Crippen LogP contribution >= 0.6 is 0 Å². The van der Waals surface area contributed by atoms with Crippen LogP contribution in [0.5, 0.6) is 0 Å². The van der Waals surface area contributed by atoms with E-state index in [0.717, 1.165) is 35.2 Å². The van der Waals surface area contributed by atoms with E-state index in [2.05, 4.69) is 23.7 Å². The van der Waals surface area contributed by atoms with Crippen molar-refractivity contribution in [2.45, 2.75) is 82.7 Å². The molecule has 2 heterocycles. The number of aromatic nitrogens is 1. The van der Waals surface area contributed by atoms with Crippen molar-refractivity contribution < 1.29 is 13.2 Å². The number of carbonyl (C=O) groups is 1. The number of nitrogens with one attached hydrogen (secondary N) is 1. The fourth-order valence-electron chi connectivity index (χ4n) is 8.31. The lowest BCUT2D eigenvalue weighted by Crippen LogP contribution is -2.56. The number of rotatable bonds is 6. The summed E-state index contributed by atoms with van der Waals surface area (Å²) in [5, 5.41) is 4.36. The third kappa shape index (κ3) is 4.03. The van der Waals surface area contributed by atoms with Gasteiger partial charge in [-0.2, -0.15) is 4.31 Å². The molecule has 7 rings (SSSR count). The number of hydrogen-bond acceptors (Lipinski definition) is 3. The first-order valence-corrected chi connectivity index (χ1v) is 15.1. The van der Waals surface area contributed by atoms with Gasteiger partial charge >= 0.3 is 0 Å². The Morgan fingerprint density at radius 1 is 1.06 bits per heavy atom. The van der Waals surface area contributed by atoms with Gasteiger partial charge < -0.3 is 9.88 Å². The second kappa shape index (κ2) is 8.62. The fraction of sp³-hybridized carbons (Fsp3) is 0.679. The maximum atomic E-state index is 13.3. The molecule has 2 aromatic rings. The number of nitrogens with zero attached hydrogens (tertiary/aromatic N) is 2. The van der Waals surface area contributed by atoms with Crippen molar-refractivity contribution in [3.8, 4) is 0 Å². The van der Waals surface area contributed by atoms with E-state index < -0.39 is 10.0 Å². The molecule has 4 bridgehead atoms. The lowest BCUT2D eigenvalue weighted by Gasteiger charge is -2.59. The lowest BCUT2D eigenvalue weighted by atomic mass is 9.48. The fourth-order valence-corrected chi connectivity index (χ4v) is 9.82. The minimum absolute atomic E-state index is 0.0983. The quantitative estimate of drug-likeness (QED) is 0.624. The van der Waals surface area contributed by atoms with Gasteiger partial charge in [-0.1, -0.05) is 0 Å². The highest BCUT2D eigenvalue weighted by molar-refractivity contribution is 7.89. The van der Waals surface area contributed by atoms with Crippen molar-refractivity contribution in [3.05, 3.63) is 30.5 Å². The van der Waals surface area contributed by atoms with Crippen LogP contribution in [0, 0.1) is 29.1 Å². The van der Waals surface area contributed by atoms with E-state index >= 15 is 0 Å². The van der Waals surface area contributed by atoms with E-state index in [1.54, 1.807) is 16.4 Å². The van der Waals surface area contributed by atoms with Crippen LogP contribution in [0.1, 0.15) is 65.2 Å². The zero-order valence-electron chi connectivity index (χ0n) is 21.1. The van der Waals surface area contributed by atoms with Gasteiger partial charge in [0.1, 0.15) is 0 Å². The van der Waals surface area contributed by atoms with Gasteiger partial charge in [-0.25, -0.2) is 8.42 Å². The number of piperidine rings is 1. The summed E-state index contributed by atoms with van der Waals surface area (Å²) in [7, 11) is -3.56.